The van der Waals surface area contributed by atoms with Crippen LogP contribution in [0.4, 0.5) is 11.6 Å². The van der Waals surface area contributed by atoms with Gasteiger partial charge in [0.05, 0.1) is 0 Å². The van der Waals surface area contributed by atoms with Crippen LogP contribution in [-0.2, 0) is 6.54 Å². The summed E-state index contributed by atoms with van der Waals surface area (Å²) in [5, 5.41) is 0. The summed E-state index contributed by atoms with van der Waals surface area (Å²) in [6, 6.07) is 12.5. The van der Waals surface area contributed by atoms with Crippen molar-refractivity contribution in [1.29, 1.82) is 0 Å². The number of hydrogen-bond donors (Lipinski definition) is 2. The first-order valence-corrected chi connectivity index (χ1v) is 7.15. The zero-order valence-electron chi connectivity index (χ0n) is 11.9. The molecule has 1 saturated heterocycles. The van der Waals surface area contributed by atoms with Gasteiger partial charge >= 0.3 is 0 Å². The van der Waals surface area contributed by atoms with Crippen molar-refractivity contribution in [2.45, 2.75) is 6.54 Å². The number of nitrogens with two attached hydrogens (primary N) is 1. The summed E-state index contributed by atoms with van der Waals surface area (Å²) in [5.74, 6) is 6.96. The predicted octanol–water partition coefficient (Wildman–Crippen LogP) is 1.08. The summed E-state index contributed by atoms with van der Waals surface area (Å²) in [7, 11) is 0. The van der Waals surface area contributed by atoms with Crippen molar-refractivity contribution in [2.75, 3.05) is 36.5 Å². The Kier molecular flexibility index (Phi) is 4.28. The Morgan fingerprint density at radius 2 is 1.81 bits per heavy atom. The van der Waals surface area contributed by atoms with Crippen LogP contribution in [0.1, 0.15) is 5.56 Å². The topological polar surface area (TPSA) is 70.3 Å². The second kappa shape index (κ2) is 6.51. The van der Waals surface area contributed by atoms with Gasteiger partial charge in [0.2, 0.25) is 0 Å². The van der Waals surface area contributed by atoms with Crippen LogP contribution in [-0.4, -0.2) is 41.0 Å². The molecule has 2 heterocycles. The van der Waals surface area contributed by atoms with Crippen LogP contribution in [0.5, 0.6) is 0 Å². The molecule has 1 aromatic carbocycles. The maximum absolute atomic E-state index is 5.39. The Balaban J connectivity index is 1.57. The second-order valence-corrected chi connectivity index (χ2v) is 5.15. The molecule has 2 aromatic rings. The summed E-state index contributed by atoms with van der Waals surface area (Å²) >= 11 is 0. The normalized spacial score (nSPS) is 16.0. The van der Waals surface area contributed by atoms with E-state index in [-0.39, 0.29) is 0 Å². The lowest BCUT2D eigenvalue weighted by molar-refractivity contribution is 0.249. The van der Waals surface area contributed by atoms with Gasteiger partial charge in [-0.1, -0.05) is 30.3 Å². The van der Waals surface area contributed by atoms with Gasteiger partial charge in [-0.2, -0.15) is 0 Å². The Morgan fingerprint density at radius 1 is 1.05 bits per heavy atom. The zero-order chi connectivity index (χ0) is 14.5. The average molecular weight is 284 g/mol. The highest BCUT2D eigenvalue weighted by molar-refractivity contribution is 5.48. The van der Waals surface area contributed by atoms with Crippen LogP contribution in [0.15, 0.2) is 42.7 Å². The van der Waals surface area contributed by atoms with E-state index < -0.39 is 0 Å². The molecule has 0 atom stereocenters. The highest BCUT2D eigenvalue weighted by Crippen LogP contribution is 2.16. The van der Waals surface area contributed by atoms with Gasteiger partial charge in [0.25, 0.3) is 0 Å². The van der Waals surface area contributed by atoms with E-state index in [1.165, 1.54) is 5.56 Å². The van der Waals surface area contributed by atoms with E-state index in [1.807, 2.05) is 6.07 Å². The van der Waals surface area contributed by atoms with Gasteiger partial charge in [-0.15, -0.1) is 0 Å². The Morgan fingerprint density at radius 3 is 2.52 bits per heavy atom. The van der Waals surface area contributed by atoms with Gasteiger partial charge in [0.1, 0.15) is 18.0 Å². The van der Waals surface area contributed by atoms with Crippen molar-refractivity contribution in [2.24, 2.45) is 5.84 Å². The van der Waals surface area contributed by atoms with Gasteiger partial charge in [0, 0.05) is 38.8 Å². The molecule has 0 bridgehead atoms. The van der Waals surface area contributed by atoms with E-state index in [0.29, 0.717) is 5.82 Å². The van der Waals surface area contributed by atoms with E-state index in [2.05, 4.69) is 55.5 Å². The Labute approximate surface area is 124 Å². The molecule has 3 rings (SSSR count). The average Bonchev–Trinajstić information content (AvgIpc) is 2.56. The van der Waals surface area contributed by atoms with E-state index in [4.69, 9.17) is 5.84 Å². The Hall–Kier alpha value is -2.18. The molecule has 0 amide bonds. The minimum absolute atomic E-state index is 0.645. The molecule has 0 spiro atoms. The maximum atomic E-state index is 5.39. The largest absolute Gasteiger partial charge is 0.354 e. The van der Waals surface area contributed by atoms with E-state index in [9.17, 15) is 0 Å². The number of nitrogens with zero attached hydrogens (tertiary/aromatic N) is 4. The number of hydrazine groups is 1. The number of benzene rings is 1. The van der Waals surface area contributed by atoms with Crippen LogP contribution >= 0.6 is 0 Å². The van der Waals surface area contributed by atoms with Crippen molar-refractivity contribution in [3.63, 3.8) is 0 Å². The molecule has 1 fully saturated rings. The number of hydrogen-bond acceptors (Lipinski definition) is 6. The number of piperazine rings is 1. The Bertz CT molecular complexity index is 565. The third kappa shape index (κ3) is 3.48. The van der Waals surface area contributed by atoms with Crippen LogP contribution in [0.2, 0.25) is 0 Å². The van der Waals surface area contributed by atoms with Crippen LogP contribution in [0.25, 0.3) is 0 Å². The predicted molar refractivity (Wildman–Crippen MR) is 83.8 cm³/mol. The van der Waals surface area contributed by atoms with Gasteiger partial charge < -0.3 is 10.3 Å². The summed E-state index contributed by atoms with van der Waals surface area (Å²) in [6.07, 6.45) is 1.54. The second-order valence-electron chi connectivity index (χ2n) is 5.15. The molecular weight excluding hydrogens is 264 g/mol. The molecule has 1 aromatic heterocycles. The fourth-order valence-electron chi connectivity index (χ4n) is 2.58. The molecule has 3 N–H and O–H groups in total. The summed E-state index contributed by atoms with van der Waals surface area (Å²) in [4.78, 5) is 13.1. The first-order valence-electron chi connectivity index (χ1n) is 7.15. The van der Waals surface area contributed by atoms with E-state index >= 15 is 0 Å². The molecule has 21 heavy (non-hydrogen) atoms. The van der Waals surface area contributed by atoms with Gasteiger partial charge in [-0.25, -0.2) is 15.8 Å². The zero-order valence-corrected chi connectivity index (χ0v) is 11.9. The first-order chi connectivity index (χ1) is 10.3. The molecule has 1 aliphatic rings. The van der Waals surface area contributed by atoms with Gasteiger partial charge in [-0.3, -0.25) is 4.90 Å². The third-order valence-electron chi connectivity index (χ3n) is 3.75. The molecule has 110 valence electrons. The lowest BCUT2D eigenvalue weighted by Crippen LogP contribution is -2.46. The smallest absolute Gasteiger partial charge is 0.145 e. The number of aromatic nitrogens is 2. The molecule has 0 aliphatic carbocycles. The molecule has 6 nitrogen and oxygen atoms in total. The third-order valence-corrected chi connectivity index (χ3v) is 3.75. The summed E-state index contributed by atoms with van der Waals surface area (Å²) in [6.45, 7) is 5.00. The van der Waals surface area contributed by atoms with Crippen molar-refractivity contribution in [3.8, 4) is 0 Å². The molecule has 1 aliphatic heterocycles. The first kappa shape index (κ1) is 13.8. The number of rotatable bonds is 4. The fourth-order valence-corrected chi connectivity index (χ4v) is 2.58. The minimum atomic E-state index is 0.645. The highest BCUT2D eigenvalue weighted by Gasteiger charge is 2.18. The van der Waals surface area contributed by atoms with Crippen molar-refractivity contribution in [1.82, 2.24) is 14.9 Å². The number of nitrogens with one attached hydrogen (secondary N) is 1. The summed E-state index contributed by atoms with van der Waals surface area (Å²) in [5.41, 5.74) is 3.92. The van der Waals surface area contributed by atoms with Crippen LogP contribution in [0.3, 0.4) is 0 Å². The SMILES string of the molecule is NNc1cc(N2CCN(Cc3ccccc3)CC2)ncn1. The van der Waals surface area contributed by atoms with Crippen LogP contribution in [0, 0.1) is 0 Å². The van der Waals surface area contributed by atoms with E-state index in [1.54, 1.807) is 6.33 Å². The molecule has 0 unspecified atom stereocenters. The van der Waals surface area contributed by atoms with E-state index in [0.717, 1.165) is 38.5 Å². The van der Waals surface area contributed by atoms with Gasteiger partial charge in [0.15, 0.2) is 0 Å². The highest BCUT2D eigenvalue weighted by atomic mass is 15.3. The number of nitrogen functional groups attached to an aromatic ring is 1. The molecule has 6 heteroatoms. The van der Waals surface area contributed by atoms with Crippen LogP contribution < -0.4 is 16.2 Å². The fraction of sp³-hybridized carbons (Fsp3) is 0.333. The molecular formula is C15H20N6. The lowest BCUT2D eigenvalue weighted by Gasteiger charge is -2.35. The standard InChI is InChI=1S/C15H20N6/c16-19-14-10-15(18-12-17-14)21-8-6-20(7-9-21)11-13-4-2-1-3-5-13/h1-5,10,12H,6-9,11,16H2,(H,17,18,19). The maximum Gasteiger partial charge on any atom is 0.145 e. The number of anilines is 2. The van der Waals surface area contributed by atoms with Gasteiger partial charge in [-0.05, 0) is 5.56 Å². The molecule has 0 radical (unpaired) electrons. The lowest BCUT2D eigenvalue weighted by atomic mass is 10.2. The summed E-state index contributed by atoms with van der Waals surface area (Å²) < 4.78 is 0. The minimum Gasteiger partial charge on any atom is -0.354 e. The van der Waals surface area contributed by atoms with Crippen molar-refractivity contribution >= 4 is 11.6 Å². The van der Waals surface area contributed by atoms with Crippen molar-refractivity contribution in [3.05, 3.63) is 48.3 Å². The quantitative estimate of drug-likeness (QED) is 0.647. The monoisotopic (exact) mass is 284 g/mol. The molecule has 0 saturated carbocycles. The van der Waals surface area contributed by atoms with Crippen molar-refractivity contribution < 1.29 is 0 Å².